The number of carbonyl (C=O) groups excluding carboxylic acids is 2. The molecule has 8 nitrogen and oxygen atoms in total. The first-order chi connectivity index (χ1) is 15.3. The van der Waals surface area contributed by atoms with Crippen molar-refractivity contribution in [3.05, 3.63) is 40.9 Å². The SMILES string of the molecule is CCOC(=O)c1cnc(SC)nc1Nc1nc(-c2ccc3c(c2)C(C)(C)C(=O)N3C)cs1. The number of thiazole rings is 1. The second-order valence-corrected chi connectivity index (χ2v) is 9.35. The number of ether oxygens (including phenoxy) is 1. The van der Waals surface area contributed by atoms with Crippen molar-refractivity contribution < 1.29 is 14.3 Å². The number of benzene rings is 1. The third kappa shape index (κ3) is 3.84. The summed E-state index contributed by atoms with van der Waals surface area (Å²) in [5.74, 6) is -0.0646. The van der Waals surface area contributed by atoms with Crippen LogP contribution in [0.15, 0.2) is 34.9 Å². The van der Waals surface area contributed by atoms with E-state index in [9.17, 15) is 9.59 Å². The van der Waals surface area contributed by atoms with Gasteiger partial charge in [0.05, 0.1) is 17.7 Å². The van der Waals surface area contributed by atoms with Gasteiger partial charge in [-0.25, -0.2) is 19.7 Å². The van der Waals surface area contributed by atoms with Gasteiger partial charge in [0.15, 0.2) is 16.1 Å². The van der Waals surface area contributed by atoms with Crippen LogP contribution in [0.2, 0.25) is 0 Å². The molecule has 1 aromatic carbocycles. The van der Waals surface area contributed by atoms with E-state index in [0.29, 0.717) is 16.1 Å². The van der Waals surface area contributed by atoms with Gasteiger partial charge in [0.2, 0.25) is 5.91 Å². The van der Waals surface area contributed by atoms with Crippen LogP contribution in [0, 0.1) is 0 Å². The topological polar surface area (TPSA) is 97.3 Å². The van der Waals surface area contributed by atoms with Gasteiger partial charge < -0.3 is 15.0 Å². The molecule has 10 heteroatoms. The summed E-state index contributed by atoms with van der Waals surface area (Å²) in [5, 5.41) is 6.19. The number of hydrogen-bond donors (Lipinski definition) is 1. The van der Waals surface area contributed by atoms with Crippen LogP contribution >= 0.6 is 23.1 Å². The third-order valence-corrected chi connectivity index (χ3v) is 6.66. The zero-order chi connectivity index (χ0) is 23.0. The van der Waals surface area contributed by atoms with Crippen molar-refractivity contribution in [3.63, 3.8) is 0 Å². The lowest BCUT2D eigenvalue weighted by Crippen LogP contribution is -2.33. The van der Waals surface area contributed by atoms with Gasteiger partial charge in [-0.05, 0) is 44.7 Å². The highest BCUT2D eigenvalue weighted by molar-refractivity contribution is 7.98. The molecule has 32 heavy (non-hydrogen) atoms. The zero-order valence-corrected chi connectivity index (χ0v) is 20.1. The second-order valence-electron chi connectivity index (χ2n) is 7.72. The molecular formula is C22H23N5O3S2. The van der Waals surface area contributed by atoms with Gasteiger partial charge in [0.25, 0.3) is 0 Å². The van der Waals surface area contributed by atoms with Gasteiger partial charge in [0.1, 0.15) is 5.56 Å². The number of anilines is 3. The van der Waals surface area contributed by atoms with Gasteiger partial charge in [0, 0.05) is 29.9 Å². The predicted octanol–water partition coefficient (Wildman–Crippen LogP) is 4.50. The standard InChI is InChI=1S/C22H23N5O3S2/c1-6-30-18(28)13-10-23-20(31-5)25-17(13)26-21-24-15(11-32-21)12-7-8-16-14(9-12)22(2,3)19(29)27(16)4/h7-11H,6H2,1-5H3,(H,23,24,25,26). The fourth-order valence-electron chi connectivity index (χ4n) is 3.61. The molecule has 0 saturated heterocycles. The van der Waals surface area contributed by atoms with Gasteiger partial charge in [-0.3, -0.25) is 4.79 Å². The lowest BCUT2D eigenvalue weighted by Gasteiger charge is -2.16. The van der Waals surface area contributed by atoms with Crippen LogP contribution in [0.25, 0.3) is 11.3 Å². The highest BCUT2D eigenvalue weighted by Crippen LogP contribution is 2.42. The van der Waals surface area contributed by atoms with Crippen LogP contribution < -0.4 is 10.2 Å². The molecule has 166 valence electrons. The maximum Gasteiger partial charge on any atom is 0.343 e. The van der Waals surface area contributed by atoms with Crippen molar-refractivity contribution in [1.29, 1.82) is 0 Å². The molecule has 1 aliphatic rings. The Morgan fingerprint density at radius 3 is 2.81 bits per heavy atom. The molecule has 0 radical (unpaired) electrons. The van der Waals surface area contributed by atoms with Crippen molar-refractivity contribution in [1.82, 2.24) is 15.0 Å². The van der Waals surface area contributed by atoms with Crippen LogP contribution in [0.4, 0.5) is 16.6 Å². The van der Waals surface area contributed by atoms with Crippen LogP contribution in [0.1, 0.15) is 36.7 Å². The first-order valence-electron chi connectivity index (χ1n) is 10.00. The van der Waals surface area contributed by atoms with Gasteiger partial charge in [-0.1, -0.05) is 17.8 Å². The van der Waals surface area contributed by atoms with Crippen molar-refractivity contribution in [3.8, 4) is 11.3 Å². The summed E-state index contributed by atoms with van der Waals surface area (Å²) in [6.07, 6.45) is 3.33. The maximum absolute atomic E-state index is 12.6. The number of fused-ring (bicyclic) bond motifs is 1. The molecule has 4 rings (SSSR count). The first-order valence-corrected chi connectivity index (χ1v) is 12.1. The molecule has 3 aromatic rings. The fourth-order valence-corrected chi connectivity index (χ4v) is 4.67. The van der Waals surface area contributed by atoms with E-state index in [0.717, 1.165) is 22.5 Å². The summed E-state index contributed by atoms with van der Waals surface area (Å²) in [7, 11) is 1.80. The summed E-state index contributed by atoms with van der Waals surface area (Å²) >= 11 is 2.78. The summed E-state index contributed by atoms with van der Waals surface area (Å²) in [6, 6.07) is 5.94. The molecule has 0 fully saturated rings. The highest BCUT2D eigenvalue weighted by Gasteiger charge is 2.42. The van der Waals surface area contributed by atoms with Crippen LogP contribution in [0.5, 0.6) is 0 Å². The number of nitrogens with zero attached hydrogens (tertiary/aromatic N) is 4. The Morgan fingerprint density at radius 1 is 1.31 bits per heavy atom. The molecule has 0 unspecified atom stereocenters. The molecule has 3 heterocycles. The van der Waals surface area contributed by atoms with Gasteiger partial charge in [-0.15, -0.1) is 11.3 Å². The maximum atomic E-state index is 12.6. The number of nitrogens with one attached hydrogen (secondary N) is 1. The van der Waals surface area contributed by atoms with Crippen molar-refractivity contribution in [2.24, 2.45) is 0 Å². The van der Waals surface area contributed by atoms with Crippen molar-refractivity contribution in [2.45, 2.75) is 31.3 Å². The normalized spacial score (nSPS) is 14.4. The van der Waals surface area contributed by atoms with Crippen molar-refractivity contribution in [2.75, 3.05) is 30.1 Å². The largest absolute Gasteiger partial charge is 0.462 e. The monoisotopic (exact) mass is 469 g/mol. The smallest absolute Gasteiger partial charge is 0.343 e. The Balaban J connectivity index is 1.65. The lowest BCUT2D eigenvalue weighted by molar-refractivity contribution is -0.121. The Labute approximate surface area is 194 Å². The molecule has 0 aliphatic carbocycles. The zero-order valence-electron chi connectivity index (χ0n) is 18.4. The number of likely N-dealkylation sites (N-methyl/N-ethyl adjacent to an activating group) is 1. The van der Waals surface area contributed by atoms with Crippen LogP contribution in [-0.4, -0.2) is 46.7 Å². The lowest BCUT2D eigenvalue weighted by atomic mass is 9.85. The second kappa shape index (κ2) is 8.51. The number of amides is 1. The van der Waals surface area contributed by atoms with Crippen molar-refractivity contribution >= 4 is 51.6 Å². The minimum Gasteiger partial charge on any atom is -0.462 e. The highest BCUT2D eigenvalue weighted by atomic mass is 32.2. The van der Waals surface area contributed by atoms with E-state index in [-0.39, 0.29) is 18.1 Å². The number of carbonyl (C=O) groups is 2. The van der Waals surface area contributed by atoms with E-state index < -0.39 is 11.4 Å². The average molecular weight is 470 g/mol. The van der Waals surface area contributed by atoms with E-state index >= 15 is 0 Å². The summed E-state index contributed by atoms with van der Waals surface area (Å²) in [4.78, 5) is 39.9. The molecule has 0 atom stereocenters. The molecule has 1 amide bonds. The molecule has 1 aliphatic heterocycles. The molecule has 0 spiro atoms. The minimum absolute atomic E-state index is 0.0742. The van der Waals surface area contributed by atoms with Crippen LogP contribution in [-0.2, 0) is 14.9 Å². The predicted molar refractivity (Wildman–Crippen MR) is 127 cm³/mol. The Bertz CT molecular complexity index is 1210. The quantitative estimate of drug-likeness (QED) is 0.320. The molecule has 0 saturated carbocycles. The minimum atomic E-state index is -0.582. The summed E-state index contributed by atoms with van der Waals surface area (Å²) < 4.78 is 5.12. The average Bonchev–Trinajstić information content (AvgIpc) is 3.31. The number of aromatic nitrogens is 3. The molecule has 0 bridgehead atoms. The van der Waals surface area contributed by atoms with E-state index in [1.54, 1.807) is 18.9 Å². The summed E-state index contributed by atoms with van der Waals surface area (Å²) in [5.41, 5.74) is 3.26. The Kier molecular flexibility index (Phi) is 5.91. The third-order valence-electron chi connectivity index (χ3n) is 5.34. The molecule has 2 aromatic heterocycles. The van der Waals surface area contributed by atoms with E-state index in [1.165, 1.54) is 29.3 Å². The number of esters is 1. The van der Waals surface area contributed by atoms with E-state index in [1.807, 2.05) is 43.7 Å². The molecular weight excluding hydrogens is 446 g/mol. The molecule has 1 N–H and O–H groups in total. The number of hydrogen-bond acceptors (Lipinski definition) is 9. The first kappa shape index (κ1) is 22.2. The number of rotatable bonds is 6. The van der Waals surface area contributed by atoms with E-state index in [4.69, 9.17) is 4.74 Å². The Morgan fingerprint density at radius 2 is 2.09 bits per heavy atom. The number of thioether (sulfide) groups is 1. The summed E-state index contributed by atoms with van der Waals surface area (Å²) in [6.45, 7) is 5.88. The van der Waals surface area contributed by atoms with Crippen LogP contribution in [0.3, 0.4) is 0 Å². The fraction of sp³-hybridized carbons (Fsp3) is 0.318. The van der Waals surface area contributed by atoms with E-state index in [2.05, 4.69) is 20.3 Å². The Hall–Kier alpha value is -2.98. The van der Waals surface area contributed by atoms with Gasteiger partial charge >= 0.3 is 5.97 Å². The van der Waals surface area contributed by atoms with Gasteiger partial charge in [-0.2, -0.15) is 0 Å².